The molecule has 1 fully saturated rings. The van der Waals surface area contributed by atoms with Gasteiger partial charge in [0.25, 0.3) is 5.91 Å². The molecule has 4 aromatic rings. The summed E-state index contributed by atoms with van der Waals surface area (Å²) in [6.45, 7) is 1.97. The van der Waals surface area contributed by atoms with Gasteiger partial charge >= 0.3 is 0 Å². The number of nitrogens with one attached hydrogen (secondary N) is 2. The summed E-state index contributed by atoms with van der Waals surface area (Å²) in [5.41, 5.74) is 4.75. The van der Waals surface area contributed by atoms with Crippen molar-refractivity contribution < 1.29 is 19.0 Å². The van der Waals surface area contributed by atoms with Crippen LogP contribution in [0.2, 0.25) is 0 Å². The zero-order chi connectivity index (χ0) is 26.3. The average molecular weight is 510 g/mol. The van der Waals surface area contributed by atoms with E-state index in [-0.39, 0.29) is 12.0 Å². The maximum absolute atomic E-state index is 13.1. The van der Waals surface area contributed by atoms with Gasteiger partial charge in [0, 0.05) is 22.4 Å². The Morgan fingerprint density at radius 1 is 0.868 bits per heavy atom. The monoisotopic (exact) mass is 509 g/mol. The smallest absolute Gasteiger partial charge is 0.255 e. The number of anilines is 1. The molecule has 2 N–H and O–H groups in total. The van der Waals surface area contributed by atoms with Crippen LogP contribution in [-0.4, -0.2) is 44.3 Å². The normalized spacial score (nSPS) is 13.5. The summed E-state index contributed by atoms with van der Waals surface area (Å²) in [7, 11) is 3.24. The van der Waals surface area contributed by atoms with Crippen molar-refractivity contribution in [1.29, 1.82) is 0 Å². The Hall–Kier alpha value is -4.36. The van der Waals surface area contributed by atoms with Gasteiger partial charge < -0.3 is 24.8 Å². The Balaban J connectivity index is 1.26. The highest BCUT2D eigenvalue weighted by atomic mass is 16.5. The number of pyridine rings is 1. The molecule has 5 rings (SSSR count). The first-order valence-corrected chi connectivity index (χ1v) is 12.7. The van der Waals surface area contributed by atoms with Crippen LogP contribution in [0.15, 0.2) is 85.1 Å². The number of methoxy groups -OCH3 is 2. The highest BCUT2D eigenvalue weighted by Crippen LogP contribution is 2.33. The van der Waals surface area contributed by atoms with Gasteiger partial charge in [0.05, 0.1) is 26.1 Å². The van der Waals surface area contributed by atoms with Crippen LogP contribution in [0.3, 0.4) is 0 Å². The zero-order valence-corrected chi connectivity index (χ0v) is 21.6. The molecule has 1 aliphatic rings. The molecular formula is C31H31N3O4. The number of ether oxygens (including phenoxy) is 3. The van der Waals surface area contributed by atoms with Gasteiger partial charge in [0.2, 0.25) is 0 Å². The molecule has 2 heterocycles. The lowest BCUT2D eigenvalue weighted by Crippen LogP contribution is -2.34. The van der Waals surface area contributed by atoms with Gasteiger partial charge in [-0.2, -0.15) is 0 Å². The van der Waals surface area contributed by atoms with Crippen molar-refractivity contribution in [3.8, 4) is 39.6 Å². The van der Waals surface area contributed by atoms with Crippen LogP contribution in [0.5, 0.6) is 17.2 Å². The number of nitrogens with zero attached hydrogens (tertiary/aromatic N) is 1. The third kappa shape index (κ3) is 5.95. The molecule has 7 nitrogen and oxygen atoms in total. The molecule has 0 unspecified atom stereocenters. The number of hydrogen-bond donors (Lipinski definition) is 2. The molecule has 1 aromatic heterocycles. The van der Waals surface area contributed by atoms with Gasteiger partial charge in [0.1, 0.15) is 23.4 Å². The van der Waals surface area contributed by atoms with E-state index in [0.717, 1.165) is 59.8 Å². The Morgan fingerprint density at radius 3 is 2.39 bits per heavy atom. The second-order valence-corrected chi connectivity index (χ2v) is 9.12. The third-order valence-electron chi connectivity index (χ3n) is 6.61. The highest BCUT2D eigenvalue weighted by molar-refractivity contribution is 6.05. The van der Waals surface area contributed by atoms with Crippen molar-refractivity contribution in [2.75, 3.05) is 32.6 Å². The molecule has 194 valence electrons. The van der Waals surface area contributed by atoms with Crippen molar-refractivity contribution in [2.24, 2.45) is 0 Å². The van der Waals surface area contributed by atoms with Crippen LogP contribution in [0, 0.1) is 0 Å². The van der Waals surface area contributed by atoms with E-state index in [0.29, 0.717) is 17.0 Å². The predicted octanol–water partition coefficient (Wildman–Crippen LogP) is 5.82. The maximum Gasteiger partial charge on any atom is 0.255 e. The zero-order valence-electron chi connectivity index (χ0n) is 21.6. The van der Waals surface area contributed by atoms with Crippen LogP contribution < -0.4 is 24.8 Å². The second kappa shape index (κ2) is 11.8. The van der Waals surface area contributed by atoms with Crippen LogP contribution >= 0.6 is 0 Å². The van der Waals surface area contributed by atoms with Crippen molar-refractivity contribution in [3.05, 3.63) is 90.6 Å². The van der Waals surface area contributed by atoms with Crippen LogP contribution in [-0.2, 0) is 0 Å². The van der Waals surface area contributed by atoms with Gasteiger partial charge in [-0.1, -0.05) is 24.3 Å². The molecule has 38 heavy (non-hydrogen) atoms. The molecule has 0 saturated carbocycles. The molecule has 1 aliphatic heterocycles. The second-order valence-electron chi connectivity index (χ2n) is 9.12. The van der Waals surface area contributed by atoms with E-state index in [1.165, 1.54) is 0 Å². The van der Waals surface area contributed by atoms with Gasteiger partial charge in [-0.05, 0) is 86.1 Å². The molecule has 1 saturated heterocycles. The van der Waals surface area contributed by atoms with E-state index in [4.69, 9.17) is 14.2 Å². The molecular weight excluding hydrogens is 478 g/mol. The quantitative estimate of drug-likeness (QED) is 0.312. The number of hydrogen-bond acceptors (Lipinski definition) is 6. The topological polar surface area (TPSA) is 81.7 Å². The molecule has 0 spiro atoms. The van der Waals surface area contributed by atoms with E-state index in [1.807, 2.05) is 66.7 Å². The molecule has 1 amide bonds. The number of carbonyl (C=O) groups is 1. The largest absolute Gasteiger partial charge is 0.497 e. The van der Waals surface area contributed by atoms with E-state index >= 15 is 0 Å². The Labute approximate surface area is 222 Å². The minimum absolute atomic E-state index is 0.206. The summed E-state index contributed by atoms with van der Waals surface area (Å²) < 4.78 is 16.9. The molecule has 7 heteroatoms. The van der Waals surface area contributed by atoms with Crippen molar-refractivity contribution in [1.82, 2.24) is 10.3 Å². The van der Waals surface area contributed by atoms with Crippen LogP contribution in [0.25, 0.3) is 22.4 Å². The molecule has 3 aromatic carbocycles. The standard InChI is InChI=1S/C31H31N3O4/c1-36-26-5-3-4-22(18-26)28-19-23(8-13-30(28)37-2)31(35)34-24-9-6-21(7-10-24)29-12-11-27(20-33-29)38-25-14-16-32-17-15-25/h3-13,18-20,25,32H,14-17H2,1-2H3,(H,34,35). The fourth-order valence-electron chi connectivity index (χ4n) is 4.52. The summed E-state index contributed by atoms with van der Waals surface area (Å²) in [5, 5.41) is 6.32. The fourth-order valence-corrected chi connectivity index (χ4v) is 4.52. The number of piperidine rings is 1. The molecule has 0 radical (unpaired) electrons. The van der Waals surface area contributed by atoms with E-state index in [1.54, 1.807) is 32.5 Å². The van der Waals surface area contributed by atoms with Gasteiger partial charge in [0.15, 0.2) is 0 Å². The lowest BCUT2D eigenvalue weighted by molar-refractivity contribution is 0.102. The van der Waals surface area contributed by atoms with Crippen molar-refractivity contribution in [3.63, 3.8) is 0 Å². The number of amides is 1. The number of aromatic nitrogens is 1. The van der Waals surface area contributed by atoms with Gasteiger partial charge in [-0.3, -0.25) is 9.78 Å². The number of benzene rings is 3. The summed E-state index contributed by atoms with van der Waals surface area (Å²) in [6, 6.07) is 24.6. The lowest BCUT2D eigenvalue weighted by Gasteiger charge is -2.23. The SMILES string of the molecule is COc1cccc(-c2cc(C(=O)Nc3ccc(-c4ccc(OC5CCNCC5)cn4)cc3)ccc2OC)c1. The van der Waals surface area contributed by atoms with Gasteiger partial charge in [-0.15, -0.1) is 0 Å². The maximum atomic E-state index is 13.1. The summed E-state index contributed by atoms with van der Waals surface area (Å²) >= 11 is 0. The Bertz CT molecular complexity index is 1380. The van der Waals surface area contributed by atoms with Crippen LogP contribution in [0.4, 0.5) is 5.69 Å². The molecule has 0 aliphatic carbocycles. The number of rotatable bonds is 8. The summed E-state index contributed by atoms with van der Waals surface area (Å²) in [5.74, 6) is 2.00. The minimum atomic E-state index is -0.206. The highest BCUT2D eigenvalue weighted by Gasteiger charge is 2.15. The lowest BCUT2D eigenvalue weighted by atomic mass is 10.0. The fraction of sp³-hybridized carbons (Fsp3) is 0.226. The Kier molecular flexibility index (Phi) is 7.85. The first-order valence-electron chi connectivity index (χ1n) is 12.7. The average Bonchev–Trinajstić information content (AvgIpc) is 2.98. The van der Waals surface area contributed by atoms with Crippen LogP contribution in [0.1, 0.15) is 23.2 Å². The van der Waals surface area contributed by atoms with Crippen molar-refractivity contribution in [2.45, 2.75) is 18.9 Å². The Morgan fingerprint density at radius 2 is 1.68 bits per heavy atom. The first-order chi connectivity index (χ1) is 18.6. The van der Waals surface area contributed by atoms with Crippen molar-refractivity contribution >= 4 is 11.6 Å². The summed E-state index contributed by atoms with van der Waals surface area (Å²) in [6.07, 6.45) is 4.03. The third-order valence-corrected chi connectivity index (χ3v) is 6.61. The van der Waals surface area contributed by atoms with E-state index in [2.05, 4.69) is 15.6 Å². The molecule has 0 bridgehead atoms. The predicted molar refractivity (Wildman–Crippen MR) is 149 cm³/mol. The first kappa shape index (κ1) is 25.3. The number of carbonyl (C=O) groups excluding carboxylic acids is 1. The van der Waals surface area contributed by atoms with Gasteiger partial charge in [-0.25, -0.2) is 0 Å². The van der Waals surface area contributed by atoms with E-state index < -0.39 is 0 Å². The molecule has 0 atom stereocenters. The van der Waals surface area contributed by atoms with E-state index in [9.17, 15) is 4.79 Å². The minimum Gasteiger partial charge on any atom is -0.497 e. The summed E-state index contributed by atoms with van der Waals surface area (Å²) in [4.78, 5) is 17.6.